The van der Waals surface area contributed by atoms with Gasteiger partial charge in [-0.1, -0.05) is 0 Å². The Balaban J connectivity index is 1.38. The van der Waals surface area contributed by atoms with Crippen molar-refractivity contribution in [2.45, 2.75) is 64.4 Å². The highest BCUT2D eigenvalue weighted by Crippen LogP contribution is 2.38. The fraction of sp³-hybridized carbons (Fsp3) is 0.387. The molecular formula is C31H33FN4O5. The summed E-state index contributed by atoms with van der Waals surface area (Å²) in [4.78, 5) is 26.0. The summed E-state index contributed by atoms with van der Waals surface area (Å²) in [5.41, 5.74) is 2.67. The van der Waals surface area contributed by atoms with E-state index in [-0.39, 0.29) is 23.3 Å². The molecular weight excluding hydrogens is 527 g/mol. The van der Waals surface area contributed by atoms with Crippen LogP contribution in [0.4, 0.5) is 10.1 Å². The molecule has 0 bridgehead atoms. The molecule has 1 aromatic carbocycles. The number of carbonyl (C=O) groups is 2. The van der Waals surface area contributed by atoms with Gasteiger partial charge in [0.05, 0.1) is 47.9 Å². The number of hydrogen-bond acceptors (Lipinski definition) is 6. The van der Waals surface area contributed by atoms with Crippen LogP contribution in [0.1, 0.15) is 84.5 Å². The quantitative estimate of drug-likeness (QED) is 0.240. The van der Waals surface area contributed by atoms with Crippen molar-refractivity contribution in [2.24, 2.45) is 0 Å². The van der Waals surface area contributed by atoms with Crippen LogP contribution in [0.15, 0.2) is 48.9 Å². The molecule has 2 atom stereocenters. The summed E-state index contributed by atoms with van der Waals surface area (Å²) in [7, 11) is 1.52. The molecule has 1 N–H and O–H groups in total. The molecule has 0 radical (unpaired) electrons. The Labute approximate surface area is 237 Å². The van der Waals surface area contributed by atoms with Crippen molar-refractivity contribution in [3.05, 3.63) is 71.6 Å². The predicted octanol–water partition coefficient (Wildman–Crippen LogP) is 6.34. The number of fused-ring (bicyclic) bond motifs is 1. The van der Waals surface area contributed by atoms with E-state index in [2.05, 4.69) is 10.4 Å². The van der Waals surface area contributed by atoms with Gasteiger partial charge in [-0.2, -0.15) is 5.10 Å². The molecule has 6 rings (SSSR count). The van der Waals surface area contributed by atoms with Gasteiger partial charge < -0.3 is 23.9 Å². The molecule has 41 heavy (non-hydrogen) atoms. The lowest BCUT2D eigenvalue weighted by atomic mass is 10.0. The van der Waals surface area contributed by atoms with Crippen LogP contribution in [0.2, 0.25) is 0 Å². The molecule has 10 heteroatoms. The van der Waals surface area contributed by atoms with Gasteiger partial charge in [-0.3, -0.25) is 14.3 Å². The number of ketones is 1. The smallest absolute Gasteiger partial charge is 0.257 e. The summed E-state index contributed by atoms with van der Waals surface area (Å²) in [6.45, 7) is 3.97. The highest BCUT2D eigenvalue weighted by molar-refractivity contribution is 6.11. The normalized spacial score (nSPS) is 17.9. The molecule has 1 saturated heterocycles. The first-order chi connectivity index (χ1) is 19.8. The van der Waals surface area contributed by atoms with Gasteiger partial charge in [-0.05, 0) is 68.9 Å². The summed E-state index contributed by atoms with van der Waals surface area (Å²) in [6, 6.07) is 8.58. The van der Waals surface area contributed by atoms with Crippen molar-refractivity contribution in [3.8, 4) is 16.9 Å². The molecule has 1 aliphatic heterocycles. The zero-order valence-electron chi connectivity index (χ0n) is 23.4. The van der Waals surface area contributed by atoms with Gasteiger partial charge in [-0.15, -0.1) is 0 Å². The second kappa shape index (κ2) is 11.1. The van der Waals surface area contributed by atoms with Crippen molar-refractivity contribution in [3.63, 3.8) is 0 Å². The van der Waals surface area contributed by atoms with Gasteiger partial charge in [0.1, 0.15) is 5.75 Å². The third-order valence-corrected chi connectivity index (χ3v) is 7.72. The highest BCUT2D eigenvalue weighted by atomic mass is 19.1. The average Bonchev–Trinajstić information content (AvgIpc) is 3.57. The van der Waals surface area contributed by atoms with E-state index in [1.165, 1.54) is 20.1 Å². The van der Waals surface area contributed by atoms with Gasteiger partial charge in [-0.25, -0.2) is 4.39 Å². The molecule has 4 aromatic rings. The minimum absolute atomic E-state index is 0.00769. The van der Waals surface area contributed by atoms with E-state index in [9.17, 15) is 9.59 Å². The van der Waals surface area contributed by atoms with Crippen LogP contribution in [0.3, 0.4) is 0 Å². The molecule has 2 aliphatic rings. The summed E-state index contributed by atoms with van der Waals surface area (Å²) in [5, 5.41) is 7.20. The summed E-state index contributed by atoms with van der Waals surface area (Å²) >= 11 is 0. The van der Waals surface area contributed by atoms with Crippen LogP contribution < -0.4 is 10.1 Å². The number of nitrogens with one attached hydrogen (secondary N) is 1. The second-order valence-electron chi connectivity index (χ2n) is 10.7. The SMILES string of the molecule is COc1ccn2c(C(C)=O)cc(C(=O)Nc3cc(C(C)OC4CCCCO4)cc(-c4cnn(C5CC5)c4)c3F)c2c1. The Morgan fingerprint density at radius 1 is 1.17 bits per heavy atom. The third-order valence-electron chi connectivity index (χ3n) is 7.72. The predicted molar refractivity (Wildman–Crippen MR) is 151 cm³/mol. The molecule has 9 nitrogen and oxygen atoms in total. The number of nitrogens with zero attached hydrogens (tertiary/aromatic N) is 3. The Morgan fingerprint density at radius 2 is 2.00 bits per heavy atom. The van der Waals surface area contributed by atoms with Gasteiger partial charge in [0.15, 0.2) is 17.9 Å². The van der Waals surface area contributed by atoms with Crippen LogP contribution in [0.5, 0.6) is 5.75 Å². The van der Waals surface area contributed by atoms with E-state index in [0.717, 1.165) is 32.1 Å². The van der Waals surface area contributed by atoms with Crippen LogP contribution >= 0.6 is 0 Å². The van der Waals surface area contributed by atoms with Gasteiger partial charge in [0, 0.05) is 43.1 Å². The second-order valence-corrected chi connectivity index (χ2v) is 10.7. The van der Waals surface area contributed by atoms with E-state index >= 15 is 4.39 Å². The van der Waals surface area contributed by atoms with Crippen molar-refractivity contribution in [2.75, 3.05) is 19.0 Å². The maximum Gasteiger partial charge on any atom is 0.257 e. The minimum atomic E-state index is -0.577. The zero-order valence-corrected chi connectivity index (χ0v) is 23.4. The van der Waals surface area contributed by atoms with Crippen molar-refractivity contribution in [1.29, 1.82) is 0 Å². The van der Waals surface area contributed by atoms with Gasteiger partial charge in [0.25, 0.3) is 5.91 Å². The monoisotopic (exact) mass is 560 g/mol. The number of ether oxygens (including phenoxy) is 3. The van der Waals surface area contributed by atoms with Crippen LogP contribution in [-0.2, 0) is 9.47 Å². The van der Waals surface area contributed by atoms with Crippen LogP contribution in [-0.4, -0.2) is 45.9 Å². The highest BCUT2D eigenvalue weighted by Gasteiger charge is 2.27. The number of Topliss-reactive ketones (excluding diaryl/α,β-unsaturated/α-hetero) is 1. The number of anilines is 1. The Hall–Kier alpha value is -4.02. The first-order valence-electron chi connectivity index (χ1n) is 14.0. The third kappa shape index (κ3) is 5.49. The Bertz CT molecular complexity index is 1620. The van der Waals surface area contributed by atoms with Crippen LogP contribution in [0.25, 0.3) is 16.6 Å². The van der Waals surface area contributed by atoms with E-state index in [4.69, 9.17) is 14.2 Å². The van der Waals surface area contributed by atoms with Crippen molar-refractivity contribution in [1.82, 2.24) is 14.2 Å². The summed E-state index contributed by atoms with van der Waals surface area (Å²) in [6.07, 6.45) is 9.32. The van der Waals surface area contributed by atoms with Crippen molar-refractivity contribution >= 4 is 22.9 Å². The number of amides is 1. The van der Waals surface area contributed by atoms with E-state index in [1.807, 2.05) is 17.8 Å². The lowest BCUT2D eigenvalue weighted by Gasteiger charge is -2.26. The number of carbonyl (C=O) groups excluding carboxylic acids is 2. The van der Waals surface area contributed by atoms with Crippen molar-refractivity contribution < 1.29 is 28.2 Å². The topological polar surface area (TPSA) is 96.1 Å². The molecule has 1 aliphatic carbocycles. The first-order valence-corrected chi connectivity index (χ1v) is 14.0. The van der Waals surface area contributed by atoms with Crippen LogP contribution in [0, 0.1) is 5.82 Å². The number of benzene rings is 1. The molecule has 214 valence electrons. The minimum Gasteiger partial charge on any atom is -0.497 e. The molecule has 1 amide bonds. The number of methoxy groups -OCH3 is 1. The summed E-state index contributed by atoms with van der Waals surface area (Å²) in [5.74, 6) is -0.809. The van der Waals surface area contributed by atoms with E-state index in [0.29, 0.717) is 46.3 Å². The maximum atomic E-state index is 16.1. The largest absolute Gasteiger partial charge is 0.497 e. The number of pyridine rings is 1. The first kappa shape index (κ1) is 27.2. The molecule has 3 aromatic heterocycles. The van der Waals surface area contributed by atoms with Gasteiger partial charge >= 0.3 is 0 Å². The fourth-order valence-corrected chi connectivity index (χ4v) is 5.27. The Kier molecular flexibility index (Phi) is 7.35. The number of halogens is 1. The lowest BCUT2D eigenvalue weighted by Crippen LogP contribution is -2.23. The number of rotatable bonds is 9. The molecule has 0 spiro atoms. The standard InChI is InChI=1S/C31H33FN4O5/c1-18(37)27-15-25(28-14-23(39-3)9-10-35(27)28)31(38)34-26-13-20(19(2)41-29-6-4-5-11-40-29)12-24(30(26)32)21-16-33-36(17-21)22-7-8-22/h9-10,12-17,19,22,29H,4-8,11H2,1-3H3,(H,34,38). The van der Waals surface area contributed by atoms with Gasteiger partial charge in [0.2, 0.25) is 0 Å². The molecule has 4 heterocycles. The zero-order chi connectivity index (χ0) is 28.7. The maximum absolute atomic E-state index is 16.1. The molecule has 2 fully saturated rings. The van der Waals surface area contributed by atoms with E-state index in [1.54, 1.807) is 41.1 Å². The lowest BCUT2D eigenvalue weighted by molar-refractivity contribution is -0.186. The number of hydrogen-bond donors (Lipinski definition) is 1. The Morgan fingerprint density at radius 3 is 2.71 bits per heavy atom. The number of aromatic nitrogens is 3. The van der Waals surface area contributed by atoms with E-state index < -0.39 is 17.8 Å². The fourth-order valence-electron chi connectivity index (χ4n) is 5.27. The summed E-state index contributed by atoms with van der Waals surface area (Å²) < 4.78 is 36.9. The molecule has 1 saturated carbocycles. The average molecular weight is 561 g/mol. The molecule has 2 unspecified atom stereocenters.